The molecule has 1 rings (SSSR count). The number of ether oxygens (including phenoxy) is 2. The molecule has 7 heteroatoms. The largest absolute Gasteiger partial charge is 0.508 e. The zero-order valence-electron chi connectivity index (χ0n) is 16.6. The number of unbranched alkanes of at least 4 members (excludes halogenated alkanes) is 6. The quantitative estimate of drug-likeness (QED) is 0.294. The second kappa shape index (κ2) is 13.7. The minimum atomic E-state index is -1.37. The fourth-order valence-corrected chi connectivity index (χ4v) is 3.31. The monoisotopic (exact) mass is 396 g/mol. The summed E-state index contributed by atoms with van der Waals surface area (Å²) in [5.74, 6) is 0.0580. The van der Waals surface area contributed by atoms with E-state index in [0.29, 0.717) is 12.0 Å². The van der Waals surface area contributed by atoms with Crippen LogP contribution in [-0.2, 0) is 28.7 Å². The van der Waals surface area contributed by atoms with Crippen molar-refractivity contribution >= 4 is 12.3 Å². The Balaban J connectivity index is 2.75. The van der Waals surface area contributed by atoms with Gasteiger partial charge in [-0.2, -0.15) is 0 Å². The number of hydrogen-bond acceptors (Lipinski definition) is 5. The van der Waals surface area contributed by atoms with Gasteiger partial charge in [0.25, 0.3) is 0 Å². The molecule has 0 radical (unpaired) electrons. The van der Waals surface area contributed by atoms with Crippen LogP contribution >= 0.6 is 0 Å². The lowest BCUT2D eigenvalue weighted by Gasteiger charge is -2.16. The minimum Gasteiger partial charge on any atom is -0.508 e. The van der Waals surface area contributed by atoms with E-state index in [1.807, 2.05) is 6.07 Å². The molecular weight excluding hydrogens is 364 g/mol. The Morgan fingerprint density at radius 3 is 1.89 bits per heavy atom. The Morgan fingerprint density at radius 2 is 1.32 bits per heavy atom. The fourth-order valence-electron chi connectivity index (χ4n) is 3.31. The van der Waals surface area contributed by atoms with Crippen molar-refractivity contribution in [3.63, 3.8) is 0 Å². The van der Waals surface area contributed by atoms with Crippen molar-refractivity contribution in [2.24, 2.45) is 0 Å². The molecule has 0 saturated carbocycles. The summed E-state index contributed by atoms with van der Waals surface area (Å²) in [6.07, 6.45) is 6.98. The van der Waals surface area contributed by atoms with Crippen LogP contribution in [0.2, 0.25) is 0 Å². The molecule has 0 saturated heterocycles. The van der Waals surface area contributed by atoms with Gasteiger partial charge in [0.2, 0.25) is 0 Å². The summed E-state index contributed by atoms with van der Waals surface area (Å²) >= 11 is 0. The Morgan fingerprint density at radius 1 is 0.786 bits per heavy atom. The van der Waals surface area contributed by atoms with E-state index < -0.39 is 12.3 Å². The van der Waals surface area contributed by atoms with Crippen molar-refractivity contribution in [2.45, 2.75) is 71.1 Å². The van der Waals surface area contributed by atoms with Crippen LogP contribution in [0.25, 0.3) is 0 Å². The maximum atomic E-state index is 10.6. The van der Waals surface area contributed by atoms with E-state index in [4.69, 9.17) is 10.2 Å². The number of aryl methyl sites for hydroxylation is 1. The second-order valence-electron chi connectivity index (χ2n) is 6.80. The zero-order chi connectivity index (χ0) is 20.8. The van der Waals surface area contributed by atoms with Gasteiger partial charge >= 0.3 is 12.3 Å². The summed E-state index contributed by atoms with van der Waals surface area (Å²) in [6.45, 7) is 2.10. The molecule has 0 unspecified atom stereocenters. The number of carboxylic acid groups (broad SMARTS) is 2. The Kier molecular flexibility index (Phi) is 11.5. The van der Waals surface area contributed by atoms with Gasteiger partial charge in [0.05, 0.1) is 13.2 Å². The van der Waals surface area contributed by atoms with Crippen LogP contribution in [0.3, 0.4) is 0 Å². The van der Waals surface area contributed by atoms with Gasteiger partial charge in [-0.25, -0.2) is 9.59 Å². The molecule has 0 heterocycles. The standard InChI is InChI=1S/C21H32O7/c1-2-3-4-5-6-7-8-9-16-10-11-19(22)18(13-15-28-21(25)26)17(16)12-14-27-20(23)24/h10-11,22H,2-9,12-15H2,1H3,(H,23,24)(H,25,26). The number of rotatable bonds is 14. The summed E-state index contributed by atoms with van der Waals surface area (Å²) in [4.78, 5) is 21.2. The van der Waals surface area contributed by atoms with Crippen LogP contribution < -0.4 is 0 Å². The third kappa shape index (κ3) is 9.48. The zero-order valence-corrected chi connectivity index (χ0v) is 16.6. The Labute approximate surface area is 166 Å². The topological polar surface area (TPSA) is 113 Å². The summed E-state index contributed by atoms with van der Waals surface area (Å²) < 4.78 is 9.19. The van der Waals surface area contributed by atoms with Crippen molar-refractivity contribution in [1.29, 1.82) is 0 Å². The maximum absolute atomic E-state index is 10.6. The number of phenolic OH excluding ortho intramolecular Hbond substituents is 1. The molecule has 3 N–H and O–H groups in total. The summed E-state index contributed by atoms with van der Waals surface area (Å²) in [5.41, 5.74) is 2.45. The molecule has 0 aliphatic rings. The lowest BCUT2D eigenvalue weighted by atomic mass is 9.92. The first-order valence-electron chi connectivity index (χ1n) is 9.99. The molecule has 0 aliphatic heterocycles. The first-order valence-corrected chi connectivity index (χ1v) is 9.99. The molecule has 0 atom stereocenters. The lowest BCUT2D eigenvalue weighted by Crippen LogP contribution is -2.11. The van der Waals surface area contributed by atoms with E-state index in [0.717, 1.165) is 30.4 Å². The van der Waals surface area contributed by atoms with Gasteiger partial charge < -0.3 is 24.8 Å². The van der Waals surface area contributed by atoms with Crippen molar-refractivity contribution in [1.82, 2.24) is 0 Å². The van der Waals surface area contributed by atoms with Gasteiger partial charge in [-0.05, 0) is 30.0 Å². The third-order valence-corrected chi connectivity index (χ3v) is 4.71. The van der Waals surface area contributed by atoms with Crippen molar-refractivity contribution in [2.75, 3.05) is 13.2 Å². The van der Waals surface area contributed by atoms with Gasteiger partial charge in [-0.3, -0.25) is 0 Å². The van der Waals surface area contributed by atoms with E-state index in [1.54, 1.807) is 6.07 Å². The number of aromatic hydroxyl groups is 1. The highest BCUT2D eigenvalue weighted by molar-refractivity contribution is 5.57. The third-order valence-electron chi connectivity index (χ3n) is 4.71. The maximum Gasteiger partial charge on any atom is 0.505 e. The molecule has 158 valence electrons. The molecule has 0 fully saturated rings. The van der Waals surface area contributed by atoms with E-state index in [2.05, 4.69) is 16.4 Å². The van der Waals surface area contributed by atoms with E-state index in [9.17, 15) is 14.7 Å². The van der Waals surface area contributed by atoms with Crippen LogP contribution in [0.1, 0.15) is 68.6 Å². The van der Waals surface area contributed by atoms with Gasteiger partial charge in [-0.1, -0.05) is 51.5 Å². The molecule has 7 nitrogen and oxygen atoms in total. The molecule has 0 aliphatic carbocycles. The number of carbonyl (C=O) groups is 2. The molecule has 0 aromatic heterocycles. The highest BCUT2D eigenvalue weighted by atomic mass is 16.7. The van der Waals surface area contributed by atoms with E-state index in [-0.39, 0.29) is 25.4 Å². The predicted molar refractivity (Wildman–Crippen MR) is 105 cm³/mol. The van der Waals surface area contributed by atoms with Crippen molar-refractivity contribution in [3.8, 4) is 5.75 Å². The normalized spacial score (nSPS) is 10.6. The summed E-state index contributed by atoms with van der Waals surface area (Å²) in [6, 6.07) is 3.46. The number of phenols is 1. The van der Waals surface area contributed by atoms with Gasteiger partial charge in [0.15, 0.2) is 0 Å². The van der Waals surface area contributed by atoms with Crippen molar-refractivity contribution in [3.05, 3.63) is 28.8 Å². The van der Waals surface area contributed by atoms with Gasteiger partial charge in [-0.15, -0.1) is 0 Å². The van der Waals surface area contributed by atoms with Gasteiger partial charge in [0.1, 0.15) is 5.75 Å². The van der Waals surface area contributed by atoms with Crippen LogP contribution in [0.5, 0.6) is 5.75 Å². The molecule has 28 heavy (non-hydrogen) atoms. The fraction of sp³-hybridized carbons (Fsp3) is 0.619. The highest BCUT2D eigenvalue weighted by Crippen LogP contribution is 2.27. The van der Waals surface area contributed by atoms with E-state index >= 15 is 0 Å². The molecule has 0 bridgehead atoms. The Bertz CT molecular complexity index is 613. The van der Waals surface area contributed by atoms with Crippen LogP contribution in [0.15, 0.2) is 12.1 Å². The summed E-state index contributed by atoms with van der Waals surface area (Å²) in [7, 11) is 0. The van der Waals surface area contributed by atoms with Crippen molar-refractivity contribution < 1.29 is 34.4 Å². The average Bonchev–Trinajstić information content (AvgIpc) is 2.64. The molecule has 0 spiro atoms. The lowest BCUT2D eigenvalue weighted by molar-refractivity contribution is 0.0901. The summed E-state index contributed by atoms with van der Waals surface area (Å²) in [5, 5.41) is 27.6. The van der Waals surface area contributed by atoms with Gasteiger partial charge in [0, 0.05) is 18.4 Å². The van der Waals surface area contributed by atoms with Crippen LogP contribution in [0, 0.1) is 0 Å². The van der Waals surface area contributed by atoms with Crippen LogP contribution in [-0.4, -0.2) is 40.8 Å². The Hall–Kier alpha value is -2.44. The first-order chi connectivity index (χ1) is 13.5. The second-order valence-corrected chi connectivity index (χ2v) is 6.80. The minimum absolute atomic E-state index is 0.0183. The van der Waals surface area contributed by atoms with Crippen LogP contribution in [0.4, 0.5) is 9.59 Å². The highest BCUT2D eigenvalue weighted by Gasteiger charge is 2.14. The molecule has 0 amide bonds. The number of hydrogen-bond donors (Lipinski definition) is 3. The molecular formula is C21H32O7. The predicted octanol–water partition coefficient (Wildman–Crippen LogP) is 5.16. The first kappa shape index (κ1) is 23.6. The molecule has 1 aromatic rings. The number of benzene rings is 1. The van der Waals surface area contributed by atoms with E-state index in [1.165, 1.54) is 32.1 Å². The SMILES string of the molecule is CCCCCCCCCc1ccc(O)c(CCOC(=O)O)c1CCOC(=O)O. The smallest absolute Gasteiger partial charge is 0.505 e. The molecule has 1 aromatic carbocycles. The average molecular weight is 396 g/mol.